The number of benzene rings is 2. The molecule has 0 aliphatic carbocycles. The van der Waals surface area contributed by atoms with Gasteiger partial charge < -0.3 is 14.6 Å². The minimum absolute atomic E-state index is 0.0125. The largest absolute Gasteiger partial charge is 0.506 e. The summed E-state index contributed by atoms with van der Waals surface area (Å²) in [5, 5.41) is 20.3. The number of carboxylic acids is 1. The number of halogens is 3. The zero-order chi connectivity index (χ0) is 24.2. The molecule has 170 valence electrons. The number of aromatic nitrogens is 2. The van der Waals surface area contributed by atoms with Crippen molar-refractivity contribution in [1.29, 1.82) is 0 Å². The lowest BCUT2D eigenvalue weighted by molar-refractivity contribution is -0.137. The highest BCUT2D eigenvalue weighted by molar-refractivity contribution is 5.94. The van der Waals surface area contributed by atoms with Gasteiger partial charge >= 0.3 is 17.8 Å². The number of aromatic hydroxyl groups is 1. The van der Waals surface area contributed by atoms with Gasteiger partial charge in [-0.2, -0.15) is 13.2 Å². The zero-order valence-electron chi connectivity index (χ0n) is 17.0. The van der Waals surface area contributed by atoms with Gasteiger partial charge in [-0.1, -0.05) is 24.3 Å². The number of carbonyl (C=O) groups is 1. The predicted octanol–water partition coefficient (Wildman–Crippen LogP) is 5.20. The lowest BCUT2D eigenvalue weighted by atomic mass is 10.0. The number of rotatable bonds is 3. The van der Waals surface area contributed by atoms with Gasteiger partial charge in [-0.3, -0.25) is 4.40 Å². The van der Waals surface area contributed by atoms with Crippen LogP contribution >= 0.6 is 0 Å². The first-order valence-corrected chi connectivity index (χ1v) is 9.83. The van der Waals surface area contributed by atoms with Gasteiger partial charge in [0.2, 0.25) is 0 Å². The predicted molar refractivity (Wildman–Crippen MR) is 116 cm³/mol. The fraction of sp³-hybridized carbons (Fsp3) is 0.0417. The van der Waals surface area contributed by atoms with Crippen molar-refractivity contribution in [2.45, 2.75) is 6.18 Å². The van der Waals surface area contributed by atoms with Crippen LogP contribution in [0.2, 0.25) is 0 Å². The first-order valence-electron chi connectivity index (χ1n) is 9.83. The van der Waals surface area contributed by atoms with E-state index < -0.39 is 29.1 Å². The highest BCUT2D eigenvalue weighted by Crippen LogP contribution is 2.40. The molecule has 0 atom stereocenters. The highest BCUT2D eigenvalue weighted by Gasteiger charge is 2.32. The Morgan fingerprint density at radius 2 is 1.71 bits per heavy atom. The Labute approximate surface area is 188 Å². The van der Waals surface area contributed by atoms with Crippen molar-refractivity contribution in [3.05, 3.63) is 88.4 Å². The van der Waals surface area contributed by atoms with Crippen LogP contribution in [0.5, 0.6) is 5.75 Å². The molecule has 3 aromatic heterocycles. The third-order valence-corrected chi connectivity index (χ3v) is 5.37. The molecule has 0 aliphatic heterocycles. The monoisotopic (exact) mass is 466 g/mol. The molecule has 2 aromatic carbocycles. The SMILES string of the molecule is O=C(O)c1ccc(-c2nc3ccc(C(F)(F)F)cn3c2-c2c(O)c3ccccc3oc2=O)cc1. The van der Waals surface area contributed by atoms with Crippen LogP contribution in [0.15, 0.2) is 76.1 Å². The Kier molecular flexibility index (Phi) is 4.67. The van der Waals surface area contributed by atoms with Crippen molar-refractivity contribution in [3.63, 3.8) is 0 Å². The average molecular weight is 466 g/mol. The van der Waals surface area contributed by atoms with E-state index in [2.05, 4.69) is 4.98 Å². The number of aromatic carboxylic acids is 1. The van der Waals surface area contributed by atoms with Gasteiger partial charge in [-0.05, 0) is 36.4 Å². The number of alkyl halides is 3. The van der Waals surface area contributed by atoms with E-state index in [1.165, 1.54) is 36.4 Å². The summed E-state index contributed by atoms with van der Waals surface area (Å²) in [7, 11) is 0. The Bertz CT molecular complexity index is 1650. The molecule has 0 radical (unpaired) electrons. The molecule has 0 saturated heterocycles. The standard InChI is InChI=1S/C24H13F3N2O5/c25-24(26,27)14-9-10-17-28-19(12-5-7-13(8-6-12)22(31)32)20(29(17)11-14)18-21(30)15-3-1-2-4-16(15)34-23(18)33/h1-11,30H,(H,31,32). The number of imidazole rings is 1. The third kappa shape index (κ3) is 3.36. The summed E-state index contributed by atoms with van der Waals surface area (Å²) in [5.41, 5.74) is -1.91. The number of pyridine rings is 1. The van der Waals surface area contributed by atoms with Crippen LogP contribution in [0.4, 0.5) is 13.2 Å². The highest BCUT2D eigenvalue weighted by atomic mass is 19.4. The van der Waals surface area contributed by atoms with E-state index in [4.69, 9.17) is 9.52 Å². The minimum atomic E-state index is -4.67. The maximum atomic E-state index is 13.4. The Balaban J connectivity index is 1.89. The fourth-order valence-corrected chi connectivity index (χ4v) is 3.77. The maximum Gasteiger partial charge on any atom is 0.417 e. The van der Waals surface area contributed by atoms with Gasteiger partial charge in [0.1, 0.15) is 22.5 Å². The van der Waals surface area contributed by atoms with E-state index in [-0.39, 0.29) is 39.1 Å². The summed E-state index contributed by atoms with van der Waals surface area (Å²) < 4.78 is 46.7. The smallest absolute Gasteiger partial charge is 0.417 e. The van der Waals surface area contributed by atoms with E-state index in [1.54, 1.807) is 12.1 Å². The van der Waals surface area contributed by atoms with Crippen molar-refractivity contribution in [3.8, 4) is 28.3 Å². The van der Waals surface area contributed by atoms with Crippen molar-refractivity contribution >= 4 is 22.6 Å². The lowest BCUT2D eigenvalue weighted by Crippen LogP contribution is -2.09. The van der Waals surface area contributed by atoms with Gasteiger partial charge in [0.05, 0.1) is 27.9 Å². The Morgan fingerprint density at radius 1 is 1.00 bits per heavy atom. The second-order valence-electron chi connectivity index (χ2n) is 7.44. The summed E-state index contributed by atoms with van der Waals surface area (Å²) in [5.74, 6) is -1.64. The summed E-state index contributed by atoms with van der Waals surface area (Å²) >= 11 is 0. The molecule has 34 heavy (non-hydrogen) atoms. The maximum absolute atomic E-state index is 13.4. The topological polar surface area (TPSA) is 105 Å². The summed E-state index contributed by atoms with van der Waals surface area (Å²) in [6.45, 7) is 0. The molecule has 0 spiro atoms. The molecule has 5 rings (SSSR count). The van der Waals surface area contributed by atoms with Crippen LogP contribution in [-0.2, 0) is 6.18 Å². The number of para-hydroxylation sites is 1. The number of hydrogen-bond acceptors (Lipinski definition) is 5. The molecule has 3 heterocycles. The number of hydrogen-bond donors (Lipinski definition) is 2. The average Bonchev–Trinajstić information content (AvgIpc) is 3.17. The molecule has 10 heteroatoms. The first kappa shape index (κ1) is 21.3. The molecule has 5 aromatic rings. The van der Waals surface area contributed by atoms with Gasteiger partial charge in [0.15, 0.2) is 0 Å². The van der Waals surface area contributed by atoms with Crippen molar-refractivity contribution in [1.82, 2.24) is 9.38 Å². The first-order chi connectivity index (χ1) is 16.1. The van der Waals surface area contributed by atoms with E-state index in [0.29, 0.717) is 5.56 Å². The lowest BCUT2D eigenvalue weighted by Gasteiger charge is -2.11. The van der Waals surface area contributed by atoms with Crippen molar-refractivity contribution in [2.75, 3.05) is 0 Å². The molecule has 0 fully saturated rings. The molecular weight excluding hydrogens is 453 g/mol. The van der Waals surface area contributed by atoms with Crippen LogP contribution in [0, 0.1) is 0 Å². The van der Waals surface area contributed by atoms with Crippen LogP contribution < -0.4 is 5.63 Å². The normalized spacial score (nSPS) is 11.9. The number of carboxylic acid groups (broad SMARTS) is 1. The summed E-state index contributed by atoms with van der Waals surface area (Å²) in [6.07, 6.45) is -3.89. The van der Waals surface area contributed by atoms with Gasteiger partial charge in [0, 0.05) is 11.8 Å². The van der Waals surface area contributed by atoms with Gasteiger partial charge in [-0.25, -0.2) is 14.6 Å². The van der Waals surface area contributed by atoms with Crippen molar-refractivity contribution in [2.24, 2.45) is 0 Å². The second kappa shape index (κ2) is 7.48. The molecule has 0 amide bonds. The summed E-state index contributed by atoms with van der Waals surface area (Å²) in [6, 6.07) is 13.6. The van der Waals surface area contributed by atoms with Crippen molar-refractivity contribution < 1.29 is 32.6 Å². The zero-order valence-corrected chi connectivity index (χ0v) is 17.0. The van der Waals surface area contributed by atoms with Crippen LogP contribution in [0.3, 0.4) is 0 Å². The number of fused-ring (bicyclic) bond motifs is 2. The van der Waals surface area contributed by atoms with E-state index in [9.17, 15) is 27.9 Å². The molecule has 7 nitrogen and oxygen atoms in total. The molecule has 0 bridgehead atoms. The second-order valence-corrected chi connectivity index (χ2v) is 7.44. The quantitative estimate of drug-likeness (QED) is 0.354. The van der Waals surface area contributed by atoms with Crippen LogP contribution in [0.1, 0.15) is 15.9 Å². The molecular formula is C24H13F3N2O5. The Morgan fingerprint density at radius 3 is 2.38 bits per heavy atom. The third-order valence-electron chi connectivity index (χ3n) is 5.37. The van der Waals surface area contributed by atoms with E-state index in [1.807, 2.05) is 0 Å². The van der Waals surface area contributed by atoms with Gasteiger partial charge in [-0.15, -0.1) is 0 Å². The molecule has 2 N–H and O–H groups in total. The molecule has 0 saturated carbocycles. The molecule has 0 aliphatic rings. The van der Waals surface area contributed by atoms with Gasteiger partial charge in [0.25, 0.3) is 0 Å². The van der Waals surface area contributed by atoms with Crippen LogP contribution in [-0.4, -0.2) is 25.6 Å². The fourth-order valence-electron chi connectivity index (χ4n) is 3.77. The minimum Gasteiger partial charge on any atom is -0.506 e. The van der Waals surface area contributed by atoms with Crippen LogP contribution in [0.25, 0.3) is 39.1 Å². The number of nitrogens with zero attached hydrogens (tertiary/aromatic N) is 2. The Hall–Kier alpha value is -4.60. The summed E-state index contributed by atoms with van der Waals surface area (Å²) in [4.78, 5) is 28.5. The van der Waals surface area contributed by atoms with E-state index in [0.717, 1.165) is 22.7 Å². The molecule has 0 unspecified atom stereocenters. The van der Waals surface area contributed by atoms with E-state index >= 15 is 0 Å².